The van der Waals surface area contributed by atoms with Gasteiger partial charge in [-0.25, -0.2) is 18.0 Å². The van der Waals surface area contributed by atoms with Crippen molar-refractivity contribution in [1.29, 1.82) is 0 Å². The minimum absolute atomic E-state index is 0.0576. The summed E-state index contributed by atoms with van der Waals surface area (Å²) < 4.78 is 37.3. The summed E-state index contributed by atoms with van der Waals surface area (Å²) >= 11 is 0. The van der Waals surface area contributed by atoms with Gasteiger partial charge in [0.15, 0.2) is 0 Å². The van der Waals surface area contributed by atoms with Crippen LogP contribution in [0, 0.1) is 11.8 Å². The zero-order valence-electron chi connectivity index (χ0n) is 14.9. The molecule has 0 radical (unpaired) electrons. The number of ether oxygens (including phenoxy) is 2. The molecule has 2 aliphatic rings. The minimum atomic E-state index is -3.69. The Morgan fingerprint density at radius 2 is 1.92 bits per heavy atom. The Kier molecular flexibility index (Phi) is 5.34. The molecule has 142 valence electrons. The third kappa shape index (κ3) is 3.91. The first-order valence-corrected chi connectivity index (χ1v) is 10.2. The Hall–Kier alpha value is -1.93. The van der Waals surface area contributed by atoms with E-state index < -0.39 is 28.1 Å². The van der Waals surface area contributed by atoms with Gasteiger partial charge in [0, 0.05) is 19.5 Å². The number of rotatable bonds is 4. The number of piperidine rings is 1. The Labute approximate surface area is 153 Å². The zero-order chi connectivity index (χ0) is 18.9. The van der Waals surface area contributed by atoms with Crippen LogP contribution in [0.15, 0.2) is 29.2 Å². The third-order valence-corrected chi connectivity index (χ3v) is 6.51. The maximum Gasteiger partial charge on any atom is 0.347 e. The lowest BCUT2D eigenvalue weighted by molar-refractivity contribution is -0.145. The molecule has 3 rings (SSSR count). The lowest BCUT2D eigenvalue weighted by Crippen LogP contribution is -2.42. The van der Waals surface area contributed by atoms with Crippen LogP contribution >= 0.6 is 0 Å². The van der Waals surface area contributed by atoms with Crippen LogP contribution in [0.3, 0.4) is 0 Å². The van der Waals surface area contributed by atoms with Crippen molar-refractivity contribution in [3.63, 3.8) is 0 Å². The van der Waals surface area contributed by atoms with Crippen molar-refractivity contribution in [2.45, 2.75) is 37.7 Å². The third-order valence-electron chi connectivity index (χ3n) is 4.68. The van der Waals surface area contributed by atoms with E-state index in [1.54, 1.807) is 0 Å². The highest BCUT2D eigenvalue weighted by molar-refractivity contribution is 7.89. The number of carbonyl (C=O) groups is 2. The van der Waals surface area contributed by atoms with Crippen LogP contribution in [0.1, 0.15) is 37.0 Å². The second-order valence-corrected chi connectivity index (χ2v) is 9.08. The van der Waals surface area contributed by atoms with E-state index in [0.717, 1.165) is 6.42 Å². The molecule has 2 aliphatic heterocycles. The Balaban J connectivity index is 1.79. The number of nitrogens with zero attached hydrogens (tertiary/aromatic N) is 1. The van der Waals surface area contributed by atoms with Crippen molar-refractivity contribution in [3.8, 4) is 0 Å². The molecular weight excluding hydrogens is 358 g/mol. The predicted octanol–water partition coefficient (Wildman–Crippen LogP) is 1.83. The van der Waals surface area contributed by atoms with E-state index >= 15 is 0 Å². The van der Waals surface area contributed by atoms with Crippen molar-refractivity contribution in [3.05, 3.63) is 29.8 Å². The summed E-state index contributed by atoms with van der Waals surface area (Å²) in [4.78, 5) is 23.8. The minimum Gasteiger partial charge on any atom is -0.463 e. The van der Waals surface area contributed by atoms with Gasteiger partial charge in [-0.3, -0.25) is 0 Å². The summed E-state index contributed by atoms with van der Waals surface area (Å²) in [6, 6.07) is 5.76. The fourth-order valence-electron chi connectivity index (χ4n) is 3.52. The second-order valence-electron chi connectivity index (χ2n) is 7.15. The Bertz CT molecular complexity index is 796. The molecule has 2 heterocycles. The zero-order valence-corrected chi connectivity index (χ0v) is 15.7. The first-order chi connectivity index (χ1) is 12.3. The Morgan fingerprint density at radius 1 is 1.23 bits per heavy atom. The van der Waals surface area contributed by atoms with E-state index in [9.17, 15) is 18.0 Å². The number of carbonyl (C=O) groups excluding carboxylic acids is 2. The van der Waals surface area contributed by atoms with Gasteiger partial charge in [0.05, 0.1) is 17.1 Å². The van der Waals surface area contributed by atoms with Crippen molar-refractivity contribution in [2.75, 3.05) is 19.7 Å². The van der Waals surface area contributed by atoms with E-state index in [0.29, 0.717) is 19.5 Å². The van der Waals surface area contributed by atoms with Crippen molar-refractivity contribution >= 4 is 22.0 Å². The van der Waals surface area contributed by atoms with Gasteiger partial charge in [-0.05, 0) is 36.5 Å². The number of hydrogen-bond acceptors (Lipinski definition) is 6. The van der Waals surface area contributed by atoms with Gasteiger partial charge in [0.25, 0.3) is 0 Å². The molecule has 1 aromatic carbocycles. The lowest BCUT2D eigenvalue weighted by Gasteiger charge is -2.34. The molecule has 0 N–H and O–H groups in total. The normalized spacial score (nSPS) is 27.2. The molecule has 0 unspecified atom stereocenters. The summed E-state index contributed by atoms with van der Waals surface area (Å²) in [5.74, 6) is -0.727. The summed E-state index contributed by atoms with van der Waals surface area (Å²) in [5.41, 5.74) is 0.101. The van der Waals surface area contributed by atoms with Crippen molar-refractivity contribution < 1.29 is 27.5 Å². The van der Waals surface area contributed by atoms with Crippen molar-refractivity contribution in [2.24, 2.45) is 11.8 Å². The Morgan fingerprint density at radius 3 is 2.54 bits per heavy atom. The van der Waals surface area contributed by atoms with Crippen LogP contribution in [-0.4, -0.2) is 50.5 Å². The van der Waals surface area contributed by atoms with Gasteiger partial charge < -0.3 is 9.47 Å². The van der Waals surface area contributed by atoms with E-state index in [2.05, 4.69) is 0 Å². The van der Waals surface area contributed by atoms with Gasteiger partial charge in [-0.1, -0.05) is 19.9 Å². The number of hydrogen-bond donors (Lipinski definition) is 0. The largest absolute Gasteiger partial charge is 0.463 e. The van der Waals surface area contributed by atoms with Crippen LogP contribution in [0.5, 0.6) is 0 Å². The molecule has 2 saturated heterocycles. The molecule has 0 aromatic heterocycles. The van der Waals surface area contributed by atoms with E-state index in [-0.39, 0.29) is 28.9 Å². The van der Waals surface area contributed by atoms with Crippen LogP contribution in [-0.2, 0) is 24.3 Å². The molecule has 8 heteroatoms. The van der Waals surface area contributed by atoms with Crippen LogP contribution in [0.25, 0.3) is 0 Å². The average molecular weight is 381 g/mol. The van der Waals surface area contributed by atoms with Gasteiger partial charge in [0.1, 0.15) is 0 Å². The van der Waals surface area contributed by atoms with Gasteiger partial charge in [0.2, 0.25) is 16.1 Å². The highest BCUT2D eigenvalue weighted by atomic mass is 32.2. The predicted molar refractivity (Wildman–Crippen MR) is 92.9 cm³/mol. The summed E-state index contributed by atoms with van der Waals surface area (Å²) in [5, 5.41) is 0. The molecule has 3 atom stereocenters. The van der Waals surface area contributed by atoms with Crippen LogP contribution in [0.2, 0.25) is 0 Å². The topological polar surface area (TPSA) is 90.0 Å². The molecule has 7 nitrogen and oxygen atoms in total. The highest BCUT2D eigenvalue weighted by Crippen LogP contribution is 2.27. The number of benzene rings is 1. The molecule has 2 fully saturated rings. The molecule has 0 bridgehead atoms. The first kappa shape index (κ1) is 18.8. The highest BCUT2D eigenvalue weighted by Gasteiger charge is 2.33. The smallest absolute Gasteiger partial charge is 0.347 e. The number of cyclic esters (lactones) is 1. The number of sulfonamides is 1. The van der Waals surface area contributed by atoms with Crippen LogP contribution in [0.4, 0.5) is 0 Å². The average Bonchev–Trinajstić information content (AvgIpc) is 2.99. The molecule has 0 aliphatic carbocycles. The summed E-state index contributed by atoms with van der Waals surface area (Å²) in [6.45, 7) is 5.22. The van der Waals surface area contributed by atoms with E-state index in [1.165, 1.54) is 28.6 Å². The van der Waals surface area contributed by atoms with Crippen LogP contribution < -0.4 is 0 Å². The second kappa shape index (κ2) is 7.36. The first-order valence-electron chi connectivity index (χ1n) is 8.75. The maximum atomic E-state index is 12.9. The molecule has 26 heavy (non-hydrogen) atoms. The molecule has 0 amide bonds. The van der Waals surface area contributed by atoms with Gasteiger partial charge >= 0.3 is 11.9 Å². The van der Waals surface area contributed by atoms with E-state index in [4.69, 9.17) is 9.47 Å². The summed E-state index contributed by atoms with van der Waals surface area (Å²) in [7, 11) is -3.69. The van der Waals surface area contributed by atoms with E-state index in [1.807, 2.05) is 13.8 Å². The molecule has 0 saturated carbocycles. The van der Waals surface area contributed by atoms with Gasteiger partial charge in [-0.2, -0.15) is 4.31 Å². The monoisotopic (exact) mass is 381 g/mol. The maximum absolute atomic E-state index is 12.9. The molecule has 1 aromatic rings. The molecule has 0 spiro atoms. The van der Waals surface area contributed by atoms with Gasteiger partial charge in [-0.15, -0.1) is 0 Å². The lowest BCUT2D eigenvalue weighted by atomic mass is 9.94. The van der Waals surface area contributed by atoms with Crippen molar-refractivity contribution in [1.82, 2.24) is 4.31 Å². The quantitative estimate of drug-likeness (QED) is 0.739. The standard InChI is InChI=1S/C18H23NO6S/c1-12-8-13(2)11-19(10-12)26(22,23)15-5-3-4-14(9-15)17(20)25-16-6-7-24-18(16)21/h3-5,9,12-13,16H,6-8,10-11H2,1-2H3/t12-,13-,16+/m1/s1. The fraction of sp³-hybridized carbons (Fsp3) is 0.556. The number of esters is 2. The summed E-state index contributed by atoms with van der Waals surface area (Å²) in [6.07, 6.45) is 0.383. The molecular formula is C18H23NO6S. The fourth-order valence-corrected chi connectivity index (χ4v) is 5.24. The SMILES string of the molecule is C[C@@H]1C[C@@H](C)CN(S(=O)(=O)c2cccc(C(=O)O[C@H]3CCOC3=O)c2)C1.